The molecule has 24 heavy (non-hydrogen) atoms. The summed E-state index contributed by atoms with van der Waals surface area (Å²) in [6.45, 7) is 1.73. The van der Waals surface area contributed by atoms with E-state index in [9.17, 15) is 9.90 Å². The summed E-state index contributed by atoms with van der Waals surface area (Å²) < 4.78 is 16.3. The molecular weight excluding hydrogens is 312 g/mol. The molecular formula is C18H18O6. The number of carboxylic acid groups (broad SMARTS) is 1. The van der Waals surface area contributed by atoms with E-state index in [1.807, 2.05) is 25.1 Å². The molecule has 1 heterocycles. The molecule has 6 heteroatoms. The molecule has 3 rings (SSSR count). The summed E-state index contributed by atoms with van der Waals surface area (Å²) in [6.07, 6.45) is 0.772. The van der Waals surface area contributed by atoms with Crippen LogP contribution < -0.4 is 14.2 Å². The minimum atomic E-state index is -1.05. The van der Waals surface area contributed by atoms with Crippen LogP contribution in [0.1, 0.15) is 30.4 Å². The normalized spacial score (nSPS) is 13.5. The first-order valence-electron chi connectivity index (χ1n) is 7.65. The number of carbonyl (C=O) groups is 1. The van der Waals surface area contributed by atoms with Crippen molar-refractivity contribution < 1.29 is 29.2 Å². The van der Waals surface area contributed by atoms with Crippen molar-refractivity contribution in [3.8, 4) is 23.0 Å². The van der Waals surface area contributed by atoms with Gasteiger partial charge in [0.05, 0.1) is 0 Å². The summed E-state index contributed by atoms with van der Waals surface area (Å²) in [7, 11) is 0. The molecule has 0 radical (unpaired) electrons. The summed E-state index contributed by atoms with van der Waals surface area (Å²) >= 11 is 0. The van der Waals surface area contributed by atoms with Gasteiger partial charge in [0, 0.05) is 17.5 Å². The summed E-state index contributed by atoms with van der Waals surface area (Å²) in [4.78, 5) is 10.9. The van der Waals surface area contributed by atoms with Crippen molar-refractivity contribution in [1.82, 2.24) is 0 Å². The van der Waals surface area contributed by atoms with E-state index in [1.54, 1.807) is 18.2 Å². The fourth-order valence-electron chi connectivity index (χ4n) is 2.82. The standard InChI is InChI=1S/C18H18O6/c1-2-13(11-3-5-12(19)6-4-11)14-7-16-17(24-10-23-16)8-15(14)22-9-18(20)21/h3-8,13,19H,2,9-10H2,1H3,(H,20,21). The molecule has 2 aromatic carbocycles. The average molecular weight is 330 g/mol. The van der Waals surface area contributed by atoms with Crippen molar-refractivity contribution in [2.75, 3.05) is 13.4 Å². The van der Waals surface area contributed by atoms with Crippen LogP contribution in [0.25, 0.3) is 0 Å². The van der Waals surface area contributed by atoms with Gasteiger partial charge in [0.1, 0.15) is 11.5 Å². The van der Waals surface area contributed by atoms with Crippen LogP contribution in [0, 0.1) is 0 Å². The number of hydrogen-bond acceptors (Lipinski definition) is 5. The fourth-order valence-corrected chi connectivity index (χ4v) is 2.82. The molecule has 2 aromatic rings. The lowest BCUT2D eigenvalue weighted by atomic mass is 9.88. The molecule has 2 N–H and O–H groups in total. The molecule has 126 valence electrons. The van der Waals surface area contributed by atoms with Crippen LogP contribution in [-0.2, 0) is 4.79 Å². The van der Waals surface area contributed by atoms with E-state index in [4.69, 9.17) is 19.3 Å². The highest BCUT2D eigenvalue weighted by Crippen LogP contribution is 2.43. The first-order valence-corrected chi connectivity index (χ1v) is 7.65. The second kappa shape index (κ2) is 6.70. The van der Waals surface area contributed by atoms with Gasteiger partial charge in [-0.1, -0.05) is 19.1 Å². The zero-order valence-electron chi connectivity index (χ0n) is 13.2. The van der Waals surface area contributed by atoms with E-state index in [0.717, 1.165) is 17.5 Å². The molecule has 0 aliphatic carbocycles. The molecule has 1 unspecified atom stereocenters. The number of rotatable bonds is 6. The highest BCUT2D eigenvalue weighted by atomic mass is 16.7. The second-order valence-corrected chi connectivity index (χ2v) is 5.48. The van der Waals surface area contributed by atoms with Crippen molar-refractivity contribution in [2.45, 2.75) is 19.3 Å². The highest BCUT2D eigenvalue weighted by Gasteiger charge is 2.24. The summed E-state index contributed by atoms with van der Waals surface area (Å²) in [5.74, 6) is 0.744. The Balaban J connectivity index is 2.02. The van der Waals surface area contributed by atoms with E-state index in [-0.39, 0.29) is 18.5 Å². The highest BCUT2D eigenvalue weighted by molar-refractivity contribution is 5.68. The SMILES string of the molecule is CCC(c1ccc(O)cc1)c1cc2c(cc1OCC(=O)O)OCO2. The largest absolute Gasteiger partial charge is 0.508 e. The van der Waals surface area contributed by atoms with Crippen LogP contribution in [0.4, 0.5) is 0 Å². The zero-order valence-corrected chi connectivity index (χ0v) is 13.2. The molecule has 0 saturated heterocycles. The Bertz CT molecular complexity index is 738. The van der Waals surface area contributed by atoms with Gasteiger partial charge in [-0.05, 0) is 30.2 Å². The van der Waals surface area contributed by atoms with E-state index >= 15 is 0 Å². The van der Waals surface area contributed by atoms with Crippen molar-refractivity contribution in [1.29, 1.82) is 0 Å². The van der Waals surface area contributed by atoms with E-state index < -0.39 is 12.6 Å². The molecule has 0 bridgehead atoms. The van der Waals surface area contributed by atoms with Gasteiger partial charge < -0.3 is 24.4 Å². The van der Waals surface area contributed by atoms with Crippen molar-refractivity contribution in [3.63, 3.8) is 0 Å². The maximum atomic E-state index is 10.9. The number of ether oxygens (including phenoxy) is 3. The quantitative estimate of drug-likeness (QED) is 0.846. The predicted octanol–water partition coefficient (Wildman–Crippen LogP) is 3.13. The summed E-state index contributed by atoms with van der Waals surface area (Å²) in [6, 6.07) is 10.4. The van der Waals surface area contributed by atoms with Gasteiger partial charge >= 0.3 is 5.97 Å². The monoisotopic (exact) mass is 330 g/mol. The third kappa shape index (κ3) is 3.22. The molecule has 1 atom stereocenters. The summed E-state index contributed by atoms with van der Waals surface area (Å²) in [5.41, 5.74) is 1.82. The van der Waals surface area contributed by atoms with Gasteiger partial charge in [-0.3, -0.25) is 0 Å². The average Bonchev–Trinajstić information content (AvgIpc) is 3.02. The second-order valence-electron chi connectivity index (χ2n) is 5.48. The van der Waals surface area contributed by atoms with Gasteiger partial charge in [0.25, 0.3) is 0 Å². The first kappa shape index (κ1) is 16.0. The Morgan fingerprint density at radius 3 is 2.50 bits per heavy atom. The molecule has 0 spiro atoms. The van der Waals surface area contributed by atoms with E-state index in [0.29, 0.717) is 17.2 Å². The maximum Gasteiger partial charge on any atom is 0.341 e. The van der Waals surface area contributed by atoms with Crippen molar-refractivity contribution in [2.24, 2.45) is 0 Å². The molecule has 1 aliphatic rings. The smallest absolute Gasteiger partial charge is 0.341 e. The first-order chi connectivity index (χ1) is 11.6. The van der Waals surface area contributed by atoms with E-state index in [2.05, 4.69) is 0 Å². The molecule has 1 aliphatic heterocycles. The van der Waals surface area contributed by atoms with Crippen LogP contribution in [0.3, 0.4) is 0 Å². The number of aromatic hydroxyl groups is 1. The van der Waals surface area contributed by atoms with Gasteiger partial charge in [0.15, 0.2) is 18.1 Å². The fraction of sp³-hybridized carbons (Fsp3) is 0.278. The third-order valence-electron chi connectivity index (χ3n) is 3.94. The Morgan fingerprint density at radius 1 is 1.21 bits per heavy atom. The molecule has 6 nitrogen and oxygen atoms in total. The zero-order chi connectivity index (χ0) is 17.1. The van der Waals surface area contributed by atoms with Crippen LogP contribution in [0.15, 0.2) is 36.4 Å². The third-order valence-corrected chi connectivity index (χ3v) is 3.94. The van der Waals surface area contributed by atoms with Crippen LogP contribution in [0.2, 0.25) is 0 Å². The Hall–Kier alpha value is -2.89. The lowest BCUT2D eigenvalue weighted by Gasteiger charge is -2.20. The Morgan fingerprint density at radius 2 is 1.88 bits per heavy atom. The van der Waals surface area contributed by atoms with Crippen LogP contribution >= 0.6 is 0 Å². The van der Waals surface area contributed by atoms with Crippen molar-refractivity contribution >= 4 is 5.97 Å². The topological polar surface area (TPSA) is 85.2 Å². The molecule has 0 saturated carbocycles. The van der Waals surface area contributed by atoms with Gasteiger partial charge in [-0.15, -0.1) is 0 Å². The molecule has 0 amide bonds. The number of benzene rings is 2. The summed E-state index contributed by atoms with van der Waals surface area (Å²) in [5, 5.41) is 18.4. The molecule has 0 fully saturated rings. The van der Waals surface area contributed by atoms with Crippen molar-refractivity contribution in [3.05, 3.63) is 47.5 Å². The predicted molar refractivity (Wildman–Crippen MR) is 85.9 cm³/mol. The maximum absolute atomic E-state index is 10.9. The Labute approximate surface area is 139 Å². The number of fused-ring (bicyclic) bond motifs is 1. The number of carboxylic acids is 1. The lowest BCUT2D eigenvalue weighted by Crippen LogP contribution is -2.12. The van der Waals surface area contributed by atoms with Gasteiger partial charge in [0.2, 0.25) is 6.79 Å². The minimum absolute atomic E-state index is 0.0242. The number of phenolic OH excluding ortho intramolecular Hbond substituents is 1. The number of aliphatic carboxylic acids is 1. The van der Waals surface area contributed by atoms with Gasteiger partial charge in [-0.2, -0.15) is 0 Å². The van der Waals surface area contributed by atoms with E-state index in [1.165, 1.54) is 0 Å². The van der Waals surface area contributed by atoms with Crippen LogP contribution in [0.5, 0.6) is 23.0 Å². The molecule has 0 aromatic heterocycles. The number of phenols is 1. The lowest BCUT2D eigenvalue weighted by molar-refractivity contribution is -0.139. The number of hydrogen-bond donors (Lipinski definition) is 2. The minimum Gasteiger partial charge on any atom is -0.508 e. The Kier molecular flexibility index (Phi) is 4.46. The van der Waals surface area contributed by atoms with Crippen LogP contribution in [-0.4, -0.2) is 29.6 Å². The van der Waals surface area contributed by atoms with Gasteiger partial charge in [-0.25, -0.2) is 4.79 Å².